The molecule has 0 bridgehead atoms. The van der Waals surface area contributed by atoms with E-state index in [4.69, 9.17) is 11.6 Å². The topological polar surface area (TPSA) is 66.5 Å². The van der Waals surface area contributed by atoms with E-state index in [1.165, 1.54) is 60.7 Å². The molecule has 3 rings (SSSR count). The summed E-state index contributed by atoms with van der Waals surface area (Å²) in [5, 5.41) is 4.03. The Bertz CT molecular complexity index is 1020. The zero-order valence-electron chi connectivity index (χ0n) is 18.6. The number of nitrogens with zero attached hydrogens (tertiary/aromatic N) is 1. The van der Waals surface area contributed by atoms with Gasteiger partial charge >= 0.3 is 0 Å². The Hall–Kier alpha value is -1.70. The second kappa shape index (κ2) is 11.4. The van der Waals surface area contributed by atoms with Crippen LogP contribution in [0.4, 0.5) is 5.69 Å². The quantitative estimate of drug-likeness (QED) is 0.478. The number of nitrogens with one attached hydrogen (secondary N) is 1. The van der Waals surface area contributed by atoms with Gasteiger partial charge in [0.05, 0.1) is 10.6 Å². The summed E-state index contributed by atoms with van der Waals surface area (Å²) in [5.74, 6) is 0.522. The zero-order valence-corrected chi connectivity index (χ0v) is 21.0. The predicted molar refractivity (Wildman–Crippen MR) is 134 cm³/mol. The van der Waals surface area contributed by atoms with Crippen LogP contribution in [0.25, 0.3) is 0 Å². The first-order valence-electron chi connectivity index (χ1n) is 11.0. The molecule has 0 aliphatic heterocycles. The fraction of sp³-hybridized carbons (Fsp3) is 0.458. The molecule has 2 aromatic rings. The van der Waals surface area contributed by atoms with Crippen molar-refractivity contribution in [3.8, 4) is 0 Å². The van der Waals surface area contributed by atoms with Crippen LogP contribution in [0, 0.1) is 13.8 Å². The number of aryl methyl sites for hydroxylation is 2. The van der Waals surface area contributed by atoms with Gasteiger partial charge in [-0.3, -0.25) is 9.10 Å². The van der Waals surface area contributed by atoms with Gasteiger partial charge in [-0.2, -0.15) is 11.8 Å². The van der Waals surface area contributed by atoms with Crippen molar-refractivity contribution in [2.24, 2.45) is 0 Å². The number of carbonyl (C=O) groups is 1. The van der Waals surface area contributed by atoms with Gasteiger partial charge in [0.15, 0.2) is 0 Å². The number of hydrogen-bond acceptors (Lipinski definition) is 4. The smallest absolute Gasteiger partial charge is 0.264 e. The van der Waals surface area contributed by atoms with E-state index < -0.39 is 10.0 Å². The number of carbonyl (C=O) groups excluding carboxylic acids is 1. The summed E-state index contributed by atoms with van der Waals surface area (Å²) in [6, 6.07) is 11.4. The zero-order chi connectivity index (χ0) is 23.1. The van der Waals surface area contributed by atoms with Crippen LogP contribution in [0.15, 0.2) is 47.4 Å². The highest BCUT2D eigenvalue weighted by atomic mass is 35.5. The van der Waals surface area contributed by atoms with Crippen molar-refractivity contribution >= 4 is 45.0 Å². The number of rotatable bonds is 9. The summed E-state index contributed by atoms with van der Waals surface area (Å²) >= 11 is 7.84. The van der Waals surface area contributed by atoms with Crippen LogP contribution in [0.1, 0.15) is 43.2 Å². The van der Waals surface area contributed by atoms with Crippen LogP contribution < -0.4 is 9.62 Å². The summed E-state index contributed by atoms with van der Waals surface area (Å²) in [4.78, 5) is 12.8. The SMILES string of the molecule is Cc1ccc(N(CC(=O)NCCSC2CCCCC2)S(=O)(=O)c2ccc(Cl)cc2)cc1C. The molecule has 1 fully saturated rings. The van der Waals surface area contributed by atoms with Crippen LogP contribution >= 0.6 is 23.4 Å². The standard InChI is InChI=1S/C24H31ClN2O3S2/c1-18-8-11-21(16-19(18)2)27(32(29,30)23-12-9-20(25)10-13-23)17-24(28)26-14-15-31-22-6-4-3-5-7-22/h8-13,16,22H,3-7,14-15,17H2,1-2H3,(H,26,28). The molecular formula is C24H31ClN2O3S2. The molecule has 1 N–H and O–H groups in total. The number of sulfonamides is 1. The molecule has 0 aromatic heterocycles. The average molecular weight is 495 g/mol. The second-order valence-corrected chi connectivity index (χ2v) is 11.9. The molecule has 32 heavy (non-hydrogen) atoms. The molecule has 0 radical (unpaired) electrons. The van der Waals surface area contributed by atoms with Gasteiger partial charge in [-0.05, 0) is 74.2 Å². The highest BCUT2D eigenvalue weighted by molar-refractivity contribution is 7.99. The third kappa shape index (κ3) is 6.65. The normalized spacial score (nSPS) is 14.8. The number of anilines is 1. The van der Waals surface area contributed by atoms with Gasteiger partial charge in [-0.25, -0.2) is 8.42 Å². The first kappa shape index (κ1) is 24.9. The van der Waals surface area contributed by atoms with E-state index in [1.54, 1.807) is 12.1 Å². The Morgan fingerprint density at radius 2 is 1.75 bits per heavy atom. The molecule has 5 nitrogen and oxygen atoms in total. The number of thioether (sulfide) groups is 1. The van der Waals surface area contributed by atoms with Crippen LogP contribution in [0.3, 0.4) is 0 Å². The van der Waals surface area contributed by atoms with Crippen molar-refractivity contribution in [1.82, 2.24) is 5.32 Å². The van der Waals surface area contributed by atoms with E-state index in [0.717, 1.165) is 16.9 Å². The minimum Gasteiger partial charge on any atom is -0.354 e. The third-order valence-electron chi connectivity index (χ3n) is 5.80. The summed E-state index contributed by atoms with van der Waals surface area (Å²) in [6.45, 7) is 4.14. The number of halogens is 1. The molecule has 0 saturated heterocycles. The van der Waals surface area contributed by atoms with E-state index in [0.29, 0.717) is 22.5 Å². The summed E-state index contributed by atoms with van der Waals surface area (Å²) < 4.78 is 28.0. The largest absolute Gasteiger partial charge is 0.354 e. The summed E-state index contributed by atoms with van der Waals surface area (Å²) in [5.41, 5.74) is 2.49. The van der Waals surface area contributed by atoms with Crippen LogP contribution in [-0.2, 0) is 14.8 Å². The lowest BCUT2D eigenvalue weighted by atomic mass is 10.0. The lowest BCUT2D eigenvalue weighted by Gasteiger charge is -2.25. The van der Waals surface area contributed by atoms with Crippen molar-refractivity contribution in [3.05, 3.63) is 58.6 Å². The second-order valence-electron chi connectivity index (χ2n) is 8.21. The van der Waals surface area contributed by atoms with Gasteiger partial charge in [0.1, 0.15) is 6.54 Å². The van der Waals surface area contributed by atoms with Gasteiger partial charge in [0.2, 0.25) is 5.91 Å². The Morgan fingerprint density at radius 1 is 1.06 bits per heavy atom. The van der Waals surface area contributed by atoms with E-state index in [2.05, 4.69) is 5.32 Å². The maximum absolute atomic E-state index is 13.4. The molecule has 0 heterocycles. The Labute approximate surface area is 201 Å². The maximum Gasteiger partial charge on any atom is 0.264 e. The Kier molecular flexibility index (Phi) is 8.91. The highest BCUT2D eigenvalue weighted by Gasteiger charge is 2.27. The minimum atomic E-state index is -3.93. The lowest BCUT2D eigenvalue weighted by Crippen LogP contribution is -2.41. The lowest BCUT2D eigenvalue weighted by molar-refractivity contribution is -0.119. The van der Waals surface area contributed by atoms with Gasteiger partial charge < -0.3 is 5.32 Å². The molecule has 0 spiro atoms. The van der Waals surface area contributed by atoms with Crippen molar-refractivity contribution in [3.63, 3.8) is 0 Å². The van der Waals surface area contributed by atoms with Crippen LogP contribution in [0.2, 0.25) is 5.02 Å². The van der Waals surface area contributed by atoms with E-state index in [9.17, 15) is 13.2 Å². The fourth-order valence-corrected chi connectivity index (χ4v) is 6.52. The molecular weight excluding hydrogens is 464 g/mol. The first-order chi connectivity index (χ1) is 15.3. The van der Waals surface area contributed by atoms with Gasteiger partial charge in [0.25, 0.3) is 10.0 Å². The molecule has 0 unspecified atom stereocenters. The van der Waals surface area contributed by atoms with E-state index >= 15 is 0 Å². The van der Waals surface area contributed by atoms with Gasteiger partial charge in [0, 0.05) is 22.6 Å². The van der Waals surface area contributed by atoms with Gasteiger partial charge in [-0.1, -0.05) is 36.9 Å². The van der Waals surface area contributed by atoms with Gasteiger partial charge in [-0.15, -0.1) is 0 Å². The van der Waals surface area contributed by atoms with Crippen molar-refractivity contribution in [2.75, 3.05) is 23.1 Å². The highest BCUT2D eigenvalue weighted by Crippen LogP contribution is 2.28. The minimum absolute atomic E-state index is 0.0979. The Balaban J connectivity index is 1.71. The van der Waals surface area contributed by atoms with Crippen LogP contribution in [-0.4, -0.2) is 38.4 Å². The molecule has 1 aliphatic carbocycles. The van der Waals surface area contributed by atoms with Crippen LogP contribution in [0.5, 0.6) is 0 Å². The van der Waals surface area contributed by atoms with Crippen molar-refractivity contribution in [2.45, 2.75) is 56.1 Å². The number of benzene rings is 2. The van der Waals surface area contributed by atoms with E-state index in [1.807, 2.05) is 31.7 Å². The predicted octanol–water partition coefficient (Wildman–Crippen LogP) is 5.33. The van der Waals surface area contributed by atoms with Crippen molar-refractivity contribution in [1.29, 1.82) is 0 Å². The summed E-state index contributed by atoms with van der Waals surface area (Å²) in [6.07, 6.45) is 6.40. The number of amides is 1. The molecule has 8 heteroatoms. The fourth-order valence-electron chi connectivity index (χ4n) is 3.76. The molecule has 2 aromatic carbocycles. The van der Waals surface area contributed by atoms with Crippen molar-refractivity contribution < 1.29 is 13.2 Å². The molecule has 0 atom stereocenters. The third-order valence-corrected chi connectivity index (χ3v) is 9.22. The number of hydrogen-bond donors (Lipinski definition) is 1. The summed E-state index contributed by atoms with van der Waals surface area (Å²) in [7, 11) is -3.93. The van der Waals surface area contributed by atoms with E-state index in [-0.39, 0.29) is 17.3 Å². The Morgan fingerprint density at radius 3 is 2.41 bits per heavy atom. The molecule has 1 aliphatic rings. The average Bonchev–Trinajstić information content (AvgIpc) is 2.78. The molecule has 1 amide bonds. The first-order valence-corrected chi connectivity index (χ1v) is 13.9. The monoisotopic (exact) mass is 494 g/mol. The molecule has 1 saturated carbocycles. The maximum atomic E-state index is 13.4. The molecule has 174 valence electrons.